The molecule has 0 heterocycles. The van der Waals surface area contributed by atoms with E-state index in [2.05, 4.69) is 6.58 Å². The first kappa shape index (κ1) is 13.6. The lowest BCUT2D eigenvalue weighted by Crippen LogP contribution is -2.30. The fourth-order valence-electron chi connectivity index (χ4n) is 1.35. The number of allylic oxidation sites excluding steroid dienone is 2. The molecular formula is C14H18O3. The van der Waals surface area contributed by atoms with Crippen LogP contribution in [0.1, 0.15) is 5.56 Å². The van der Waals surface area contributed by atoms with Crippen LogP contribution < -0.4 is 0 Å². The zero-order valence-electron chi connectivity index (χ0n) is 9.70. The third-order valence-corrected chi connectivity index (χ3v) is 2.29. The molecule has 0 aliphatic heterocycles. The lowest BCUT2D eigenvalue weighted by Gasteiger charge is -2.18. The van der Waals surface area contributed by atoms with E-state index in [4.69, 9.17) is 9.84 Å². The summed E-state index contributed by atoms with van der Waals surface area (Å²) in [6, 6.07) is 9.67. The summed E-state index contributed by atoms with van der Waals surface area (Å²) in [6.45, 7) is 3.61. The van der Waals surface area contributed by atoms with E-state index in [0.29, 0.717) is 6.61 Å². The van der Waals surface area contributed by atoms with Gasteiger partial charge in [0.05, 0.1) is 13.2 Å². The second-order valence-corrected chi connectivity index (χ2v) is 3.63. The molecule has 0 saturated carbocycles. The van der Waals surface area contributed by atoms with E-state index in [1.807, 2.05) is 30.3 Å². The van der Waals surface area contributed by atoms with Gasteiger partial charge in [0.15, 0.2) is 0 Å². The van der Waals surface area contributed by atoms with Crippen LogP contribution in [0.4, 0.5) is 0 Å². The van der Waals surface area contributed by atoms with Crippen LogP contribution >= 0.6 is 0 Å². The van der Waals surface area contributed by atoms with E-state index in [1.165, 1.54) is 0 Å². The van der Waals surface area contributed by atoms with E-state index in [0.717, 1.165) is 5.56 Å². The number of ether oxygens (including phenoxy) is 1. The Hall–Kier alpha value is -1.42. The smallest absolute Gasteiger partial charge is 0.107 e. The second kappa shape index (κ2) is 7.79. The van der Waals surface area contributed by atoms with E-state index in [9.17, 15) is 5.11 Å². The lowest BCUT2D eigenvalue weighted by molar-refractivity contribution is -0.0405. The minimum absolute atomic E-state index is 0.332. The van der Waals surface area contributed by atoms with Gasteiger partial charge in [-0.15, -0.1) is 0 Å². The zero-order chi connectivity index (χ0) is 12.5. The molecule has 17 heavy (non-hydrogen) atoms. The van der Waals surface area contributed by atoms with Crippen LogP contribution in [-0.4, -0.2) is 29.0 Å². The first-order chi connectivity index (χ1) is 8.27. The third-order valence-electron chi connectivity index (χ3n) is 2.29. The van der Waals surface area contributed by atoms with Crippen molar-refractivity contribution in [1.82, 2.24) is 0 Å². The van der Waals surface area contributed by atoms with Crippen molar-refractivity contribution in [3.63, 3.8) is 0 Å². The average Bonchev–Trinajstić information content (AvgIpc) is 2.39. The summed E-state index contributed by atoms with van der Waals surface area (Å²) in [5.74, 6) is 0. The van der Waals surface area contributed by atoms with Crippen molar-refractivity contribution in [2.45, 2.75) is 18.8 Å². The van der Waals surface area contributed by atoms with Crippen molar-refractivity contribution in [2.24, 2.45) is 0 Å². The maximum absolute atomic E-state index is 9.56. The first-order valence-electron chi connectivity index (χ1n) is 5.51. The van der Waals surface area contributed by atoms with Crippen molar-refractivity contribution in [3.8, 4) is 0 Å². The quantitative estimate of drug-likeness (QED) is 0.705. The number of rotatable bonds is 7. The van der Waals surface area contributed by atoms with Crippen LogP contribution in [0.5, 0.6) is 0 Å². The fraction of sp³-hybridized carbons (Fsp3) is 0.286. The highest BCUT2D eigenvalue weighted by atomic mass is 16.5. The van der Waals surface area contributed by atoms with Crippen LogP contribution in [0, 0.1) is 0 Å². The molecule has 92 valence electrons. The molecule has 0 aliphatic rings. The third kappa shape index (κ3) is 4.95. The van der Waals surface area contributed by atoms with E-state index in [1.54, 1.807) is 18.2 Å². The molecule has 3 heteroatoms. The van der Waals surface area contributed by atoms with Gasteiger partial charge in [0.2, 0.25) is 0 Å². The molecule has 3 nitrogen and oxygen atoms in total. The SMILES string of the molecule is C=C/C=C/[C@H](OCc1ccccc1)[C@@H](O)CO. The normalized spacial score (nSPS) is 14.7. The summed E-state index contributed by atoms with van der Waals surface area (Å²) in [5, 5.41) is 18.5. The van der Waals surface area contributed by atoms with Gasteiger partial charge in [-0.1, -0.05) is 55.1 Å². The second-order valence-electron chi connectivity index (χ2n) is 3.63. The van der Waals surface area contributed by atoms with Gasteiger partial charge in [0.25, 0.3) is 0 Å². The van der Waals surface area contributed by atoms with E-state index in [-0.39, 0.29) is 6.61 Å². The molecule has 2 atom stereocenters. The summed E-state index contributed by atoms with van der Waals surface area (Å²) in [5.41, 5.74) is 1.02. The molecule has 1 rings (SSSR count). The fourth-order valence-corrected chi connectivity index (χ4v) is 1.35. The first-order valence-corrected chi connectivity index (χ1v) is 5.51. The highest BCUT2D eigenvalue weighted by Gasteiger charge is 2.15. The molecule has 2 N–H and O–H groups in total. The largest absolute Gasteiger partial charge is 0.394 e. The number of aliphatic hydroxyl groups is 2. The minimum atomic E-state index is -0.921. The van der Waals surface area contributed by atoms with Crippen molar-refractivity contribution in [3.05, 3.63) is 60.7 Å². The zero-order valence-corrected chi connectivity index (χ0v) is 9.70. The lowest BCUT2D eigenvalue weighted by atomic mass is 10.2. The number of hydrogen-bond acceptors (Lipinski definition) is 3. The summed E-state index contributed by atoms with van der Waals surface area (Å²) >= 11 is 0. The Labute approximate surface area is 102 Å². The van der Waals surface area contributed by atoms with Crippen molar-refractivity contribution in [1.29, 1.82) is 0 Å². The van der Waals surface area contributed by atoms with Gasteiger partial charge in [-0.05, 0) is 5.56 Å². The summed E-state index contributed by atoms with van der Waals surface area (Å²) in [4.78, 5) is 0. The van der Waals surface area contributed by atoms with Gasteiger partial charge in [-0.3, -0.25) is 0 Å². The average molecular weight is 234 g/mol. The molecule has 0 spiro atoms. The van der Waals surface area contributed by atoms with Crippen molar-refractivity contribution < 1.29 is 14.9 Å². The molecule has 0 bridgehead atoms. The molecule has 0 saturated heterocycles. The summed E-state index contributed by atoms with van der Waals surface area (Å²) < 4.78 is 5.54. The standard InChI is InChI=1S/C14H18O3/c1-2-3-9-14(13(16)10-15)17-11-12-7-5-4-6-8-12/h2-9,13-16H,1,10-11H2/b9-3+/t13-,14-/m0/s1. The molecule has 1 aromatic carbocycles. The molecule has 1 aromatic rings. The Morgan fingerprint density at radius 2 is 2.00 bits per heavy atom. The monoisotopic (exact) mass is 234 g/mol. The predicted octanol–water partition coefficient (Wildman–Crippen LogP) is 1.67. The predicted molar refractivity (Wildman–Crippen MR) is 67.4 cm³/mol. The molecule has 0 aliphatic carbocycles. The Morgan fingerprint density at radius 3 is 2.59 bits per heavy atom. The van der Waals surface area contributed by atoms with Crippen LogP contribution in [-0.2, 0) is 11.3 Å². The van der Waals surface area contributed by atoms with Gasteiger partial charge in [-0.2, -0.15) is 0 Å². The highest BCUT2D eigenvalue weighted by molar-refractivity contribution is 5.13. The van der Waals surface area contributed by atoms with Gasteiger partial charge in [0.1, 0.15) is 12.2 Å². The van der Waals surface area contributed by atoms with Gasteiger partial charge in [0, 0.05) is 0 Å². The van der Waals surface area contributed by atoms with Crippen LogP contribution in [0.2, 0.25) is 0 Å². The summed E-state index contributed by atoms with van der Waals surface area (Å²) in [6.07, 6.45) is 3.52. The molecule has 0 radical (unpaired) electrons. The topological polar surface area (TPSA) is 49.7 Å². The van der Waals surface area contributed by atoms with Gasteiger partial charge in [-0.25, -0.2) is 0 Å². The van der Waals surface area contributed by atoms with Gasteiger partial charge < -0.3 is 14.9 Å². The van der Waals surface area contributed by atoms with Crippen molar-refractivity contribution in [2.75, 3.05) is 6.61 Å². The van der Waals surface area contributed by atoms with Gasteiger partial charge >= 0.3 is 0 Å². The maximum Gasteiger partial charge on any atom is 0.107 e. The van der Waals surface area contributed by atoms with E-state index < -0.39 is 12.2 Å². The molecular weight excluding hydrogens is 216 g/mol. The summed E-state index contributed by atoms with van der Waals surface area (Å²) in [7, 11) is 0. The number of aliphatic hydroxyl groups excluding tert-OH is 2. The Balaban J connectivity index is 2.54. The Bertz CT molecular complexity index is 346. The number of benzene rings is 1. The minimum Gasteiger partial charge on any atom is -0.394 e. The Kier molecular flexibility index (Phi) is 6.25. The molecule has 0 unspecified atom stereocenters. The Morgan fingerprint density at radius 1 is 1.29 bits per heavy atom. The maximum atomic E-state index is 9.56. The highest BCUT2D eigenvalue weighted by Crippen LogP contribution is 2.07. The van der Waals surface area contributed by atoms with Crippen molar-refractivity contribution >= 4 is 0 Å². The van der Waals surface area contributed by atoms with Crippen LogP contribution in [0.15, 0.2) is 55.1 Å². The number of hydrogen-bond donors (Lipinski definition) is 2. The molecule has 0 amide bonds. The molecule has 0 fully saturated rings. The van der Waals surface area contributed by atoms with E-state index >= 15 is 0 Å². The van der Waals surface area contributed by atoms with Crippen LogP contribution in [0.25, 0.3) is 0 Å². The molecule has 0 aromatic heterocycles. The van der Waals surface area contributed by atoms with Crippen LogP contribution in [0.3, 0.4) is 0 Å².